The molecule has 0 aliphatic heterocycles. The van der Waals surface area contributed by atoms with E-state index >= 15 is 0 Å². The summed E-state index contributed by atoms with van der Waals surface area (Å²) in [6, 6.07) is 3.41. The van der Waals surface area contributed by atoms with E-state index in [4.69, 9.17) is 16.3 Å². The molecule has 0 saturated heterocycles. The number of nitrogens with one attached hydrogen (secondary N) is 2. The summed E-state index contributed by atoms with van der Waals surface area (Å²) in [7, 11) is 1.43. The Hall–Kier alpha value is -1.57. The van der Waals surface area contributed by atoms with Gasteiger partial charge in [0.2, 0.25) is 0 Å². The third-order valence-corrected chi connectivity index (χ3v) is 4.24. The summed E-state index contributed by atoms with van der Waals surface area (Å²) >= 11 is 8.33. The molecule has 2 amide bonds. The zero-order valence-electron chi connectivity index (χ0n) is 9.73. The highest BCUT2D eigenvalue weighted by atomic mass is 35.5. The van der Waals surface area contributed by atoms with Crippen LogP contribution in [0.15, 0.2) is 22.9 Å². The zero-order valence-corrected chi connectivity index (χ0v) is 12.1. The largest absolute Gasteiger partial charge is 0.493 e. The Morgan fingerprint density at radius 1 is 1.26 bits per heavy atom. The Bertz CT molecular complexity index is 595. The van der Waals surface area contributed by atoms with Crippen LogP contribution in [0.2, 0.25) is 4.34 Å². The van der Waals surface area contributed by atoms with E-state index in [2.05, 4.69) is 10.9 Å². The number of hydrogen-bond donors (Lipinski definition) is 2. The van der Waals surface area contributed by atoms with Crippen LogP contribution in [0, 0.1) is 0 Å². The summed E-state index contributed by atoms with van der Waals surface area (Å²) in [6.45, 7) is 0. The molecule has 19 heavy (non-hydrogen) atoms. The Kier molecular flexibility index (Phi) is 4.41. The molecule has 0 unspecified atom stereocenters. The van der Waals surface area contributed by atoms with Crippen LogP contribution in [-0.2, 0) is 0 Å². The fraction of sp³-hybridized carbons (Fsp3) is 0.0909. The number of halogens is 1. The van der Waals surface area contributed by atoms with Gasteiger partial charge in [-0.15, -0.1) is 22.7 Å². The summed E-state index contributed by atoms with van der Waals surface area (Å²) < 4.78 is 5.41. The number of hydrogen-bond acceptors (Lipinski definition) is 5. The van der Waals surface area contributed by atoms with Crippen molar-refractivity contribution in [3.05, 3.63) is 37.7 Å². The first-order valence-electron chi connectivity index (χ1n) is 5.08. The maximum Gasteiger partial charge on any atom is 0.279 e. The van der Waals surface area contributed by atoms with Gasteiger partial charge >= 0.3 is 0 Å². The fourth-order valence-corrected chi connectivity index (χ4v) is 2.99. The molecule has 0 fully saturated rings. The van der Waals surface area contributed by atoms with E-state index in [1.165, 1.54) is 29.8 Å². The third-order valence-electron chi connectivity index (χ3n) is 2.19. The molecule has 8 heteroatoms. The van der Waals surface area contributed by atoms with E-state index in [1.54, 1.807) is 22.9 Å². The summed E-state index contributed by atoms with van der Waals surface area (Å²) in [4.78, 5) is 24.0. The lowest BCUT2D eigenvalue weighted by molar-refractivity contribution is 0.0847. The molecule has 0 bridgehead atoms. The maximum atomic E-state index is 11.9. The lowest BCUT2D eigenvalue weighted by Gasteiger charge is -2.06. The van der Waals surface area contributed by atoms with Crippen LogP contribution in [0.25, 0.3) is 0 Å². The van der Waals surface area contributed by atoms with Crippen molar-refractivity contribution in [3.8, 4) is 5.75 Å². The van der Waals surface area contributed by atoms with E-state index in [0.29, 0.717) is 15.0 Å². The summed E-state index contributed by atoms with van der Waals surface area (Å²) in [6.07, 6.45) is 0. The minimum absolute atomic E-state index is 0.281. The van der Waals surface area contributed by atoms with Gasteiger partial charge in [-0.2, -0.15) is 0 Å². The highest BCUT2D eigenvalue weighted by Crippen LogP contribution is 2.34. The number of methoxy groups -OCH3 is 1. The number of rotatable bonds is 3. The van der Waals surface area contributed by atoms with E-state index in [0.717, 1.165) is 0 Å². The number of amides is 2. The van der Waals surface area contributed by atoms with Crippen LogP contribution in [0.3, 0.4) is 0 Å². The van der Waals surface area contributed by atoms with Crippen molar-refractivity contribution >= 4 is 46.1 Å². The first-order chi connectivity index (χ1) is 9.13. The minimum atomic E-state index is -0.482. The molecule has 5 nitrogen and oxygen atoms in total. The first kappa shape index (κ1) is 13.9. The molecule has 0 aliphatic carbocycles. The van der Waals surface area contributed by atoms with Crippen molar-refractivity contribution in [2.75, 3.05) is 7.11 Å². The van der Waals surface area contributed by atoms with Crippen molar-refractivity contribution in [1.29, 1.82) is 0 Å². The summed E-state index contributed by atoms with van der Waals surface area (Å²) in [5, 5.41) is 3.34. The van der Waals surface area contributed by atoms with Gasteiger partial charge in [0.05, 0.1) is 17.6 Å². The monoisotopic (exact) mass is 316 g/mol. The van der Waals surface area contributed by atoms with Gasteiger partial charge in [-0.05, 0) is 11.4 Å². The van der Waals surface area contributed by atoms with Crippen molar-refractivity contribution in [3.63, 3.8) is 0 Å². The van der Waals surface area contributed by atoms with Gasteiger partial charge < -0.3 is 4.74 Å². The average molecular weight is 317 g/mol. The molecule has 0 aromatic carbocycles. The van der Waals surface area contributed by atoms with Gasteiger partial charge in [0.15, 0.2) is 5.75 Å². The second-order valence-corrected chi connectivity index (χ2v) is 5.77. The minimum Gasteiger partial charge on any atom is -0.493 e. The SMILES string of the molecule is COc1c(C(=O)NNC(=O)c2cccs2)csc1Cl. The van der Waals surface area contributed by atoms with Crippen LogP contribution >= 0.6 is 34.3 Å². The highest BCUT2D eigenvalue weighted by molar-refractivity contribution is 7.15. The smallest absolute Gasteiger partial charge is 0.279 e. The van der Waals surface area contributed by atoms with Gasteiger partial charge in [0, 0.05) is 5.38 Å². The Labute approximate surface area is 122 Å². The van der Waals surface area contributed by atoms with Crippen LogP contribution in [0.5, 0.6) is 5.75 Å². The molecule has 0 saturated carbocycles. The second-order valence-electron chi connectivity index (χ2n) is 3.34. The average Bonchev–Trinajstić information content (AvgIpc) is 3.04. The summed E-state index contributed by atoms with van der Waals surface area (Å²) in [5.74, 6) is -0.553. The molecule has 0 aliphatic rings. The fourth-order valence-electron chi connectivity index (χ4n) is 1.32. The number of ether oxygens (including phenoxy) is 1. The molecule has 2 rings (SSSR count). The van der Waals surface area contributed by atoms with Gasteiger partial charge in [-0.3, -0.25) is 20.4 Å². The molecule has 0 spiro atoms. The van der Waals surface area contributed by atoms with Gasteiger partial charge in [0.25, 0.3) is 11.8 Å². The Morgan fingerprint density at radius 2 is 2.00 bits per heavy atom. The molecule has 0 atom stereocenters. The lowest BCUT2D eigenvalue weighted by atomic mass is 10.3. The molecule has 2 heterocycles. The van der Waals surface area contributed by atoms with Crippen molar-refractivity contribution in [2.24, 2.45) is 0 Å². The third kappa shape index (κ3) is 3.06. The van der Waals surface area contributed by atoms with Crippen molar-refractivity contribution in [2.45, 2.75) is 0 Å². The normalized spacial score (nSPS) is 10.0. The van der Waals surface area contributed by atoms with Crippen LogP contribution in [-0.4, -0.2) is 18.9 Å². The molecule has 100 valence electrons. The molecular formula is C11H9ClN2O3S2. The van der Waals surface area contributed by atoms with E-state index in [1.807, 2.05) is 0 Å². The summed E-state index contributed by atoms with van der Waals surface area (Å²) in [5.41, 5.74) is 4.91. The molecule has 2 N–H and O–H groups in total. The van der Waals surface area contributed by atoms with Crippen LogP contribution < -0.4 is 15.6 Å². The predicted molar refractivity (Wildman–Crippen MR) is 75.1 cm³/mol. The quantitative estimate of drug-likeness (QED) is 0.855. The topological polar surface area (TPSA) is 67.4 Å². The van der Waals surface area contributed by atoms with E-state index in [9.17, 15) is 9.59 Å². The molecule has 0 radical (unpaired) electrons. The van der Waals surface area contributed by atoms with E-state index in [-0.39, 0.29) is 11.5 Å². The Morgan fingerprint density at radius 3 is 2.63 bits per heavy atom. The van der Waals surface area contributed by atoms with Gasteiger partial charge in [-0.25, -0.2) is 0 Å². The van der Waals surface area contributed by atoms with E-state index < -0.39 is 5.91 Å². The van der Waals surface area contributed by atoms with Gasteiger partial charge in [0.1, 0.15) is 4.34 Å². The number of carbonyl (C=O) groups excluding carboxylic acids is 2. The first-order valence-corrected chi connectivity index (χ1v) is 7.22. The standard InChI is InChI=1S/C11H9ClN2O3S2/c1-17-8-6(5-19-9(8)12)10(15)13-14-11(16)7-3-2-4-18-7/h2-5H,1H3,(H,13,15)(H,14,16). The molecule has 2 aromatic heterocycles. The zero-order chi connectivity index (χ0) is 13.8. The van der Waals surface area contributed by atoms with Crippen molar-refractivity contribution < 1.29 is 14.3 Å². The number of carbonyl (C=O) groups is 2. The Balaban J connectivity index is 2.00. The molecule has 2 aromatic rings. The number of hydrazine groups is 1. The van der Waals surface area contributed by atoms with Crippen LogP contribution in [0.1, 0.15) is 20.0 Å². The maximum absolute atomic E-state index is 11.9. The second kappa shape index (κ2) is 6.05. The highest BCUT2D eigenvalue weighted by Gasteiger charge is 2.18. The van der Waals surface area contributed by atoms with Crippen molar-refractivity contribution in [1.82, 2.24) is 10.9 Å². The predicted octanol–water partition coefficient (Wildman–Crippen LogP) is 2.55. The van der Waals surface area contributed by atoms with Gasteiger partial charge in [-0.1, -0.05) is 17.7 Å². The molecular weight excluding hydrogens is 308 g/mol. The number of thiophene rings is 2. The van der Waals surface area contributed by atoms with Crippen LogP contribution in [0.4, 0.5) is 0 Å². The lowest BCUT2D eigenvalue weighted by Crippen LogP contribution is -2.41.